The highest BCUT2D eigenvalue weighted by molar-refractivity contribution is 5.95. The van der Waals surface area contributed by atoms with E-state index in [-0.39, 0.29) is 23.9 Å². The first-order chi connectivity index (χ1) is 17.9. The van der Waals surface area contributed by atoms with Crippen LogP contribution < -0.4 is 15.8 Å². The zero-order chi connectivity index (χ0) is 25.9. The van der Waals surface area contributed by atoms with Crippen LogP contribution in [-0.2, 0) is 9.53 Å². The molecule has 0 bridgehead atoms. The summed E-state index contributed by atoms with van der Waals surface area (Å²) >= 11 is 0. The number of carbonyl (C=O) groups excluding carboxylic acids is 2. The van der Waals surface area contributed by atoms with Gasteiger partial charge in [-0.05, 0) is 82.0 Å². The minimum atomic E-state index is -0.432. The largest absolute Gasteiger partial charge is 0.378 e. The fraction of sp³-hybridized carbons (Fsp3) is 0.464. The number of amides is 2. The van der Waals surface area contributed by atoms with E-state index in [0.717, 1.165) is 55.5 Å². The number of hydrogen-bond acceptors (Lipinski definition) is 4. The number of H-pyrrole nitrogens is 1. The number of imidazole rings is 1. The molecule has 2 amide bonds. The molecule has 0 radical (unpaired) electrons. The van der Waals surface area contributed by atoms with Crippen LogP contribution >= 0.6 is 0 Å². The van der Waals surface area contributed by atoms with Crippen LogP contribution in [0.1, 0.15) is 55.9 Å². The maximum absolute atomic E-state index is 13.4. The zero-order valence-electron chi connectivity index (χ0n) is 21.4. The molecule has 1 saturated heterocycles. The highest BCUT2D eigenvalue weighted by atomic mass is 19.1. The molecule has 5 rings (SSSR count). The monoisotopic (exact) mass is 507 g/mol. The zero-order valence-corrected chi connectivity index (χ0v) is 21.4. The second-order valence-corrected chi connectivity index (χ2v) is 10.2. The molecule has 196 valence electrons. The molecular formula is C28H34FN5O3. The first kappa shape index (κ1) is 25.2. The number of carbonyl (C=O) groups is 2. The van der Waals surface area contributed by atoms with E-state index in [1.807, 2.05) is 19.9 Å². The van der Waals surface area contributed by atoms with Crippen LogP contribution in [0.3, 0.4) is 0 Å². The maximum Gasteiger partial charge on any atom is 0.280 e. The Hall–Kier alpha value is -3.46. The summed E-state index contributed by atoms with van der Waals surface area (Å²) in [7, 11) is 0. The van der Waals surface area contributed by atoms with Gasteiger partial charge in [-0.15, -0.1) is 0 Å². The molecule has 2 fully saturated rings. The number of ether oxygens (including phenoxy) is 1. The Labute approximate surface area is 215 Å². The predicted molar refractivity (Wildman–Crippen MR) is 140 cm³/mol. The molecule has 3 aromatic rings. The van der Waals surface area contributed by atoms with E-state index >= 15 is 0 Å². The fourth-order valence-electron chi connectivity index (χ4n) is 5.34. The first-order valence-corrected chi connectivity index (χ1v) is 13.1. The highest BCUT2D eigenvalue weighted by Crippen LogP contribution is 2.34. The lowest BCUT2D eigenvalue weighted by molar-refractivity contribution is -0.126. The predicted octanol–water partition coefficient (Wildman–Crippen LogP) is 3.94. The van der Waals surface area contributed by atoms with Gasteiger partial charge in [-0.2, -0.15) is 4.99 Å². The normalized spacial score (nSPS) is 21.0. The van der Waals surface area contributed by atoms with Crippen LogP contribution in [0.5, 0.6) is 0 Å². The molecule has 9 heteroatoms. The third-order valence-corrected chi connectivity index (χ3v) is 7.25. The standard InChI is InChI=1S/C28H34FN5O3/c1-18(2)30-26(35)20-5-9-22(10-6-20)34-25-17-23(33-13-15-37-16-14-33)11-12-24(25)31-28(34)32-27(36)19-3-7-21(29)8-4-19/h3-4,7-8,11-12,17-18,20,22H,5-6,9-10,13-16H2,1-2H3,(H,30,35)(H,31,32,36)/t20-,22+. The number of morpholine rings is 1. The Bertz CT molecular complexity index is 1330. The number of fused-ring (bicyclic) bond motifs is 1. The number of benzene rings is 2. The Morgan fingerprint density at radius 3 is 2.43 bits per heavy atom. The summed E-state index contributed by atoms with van der Waals surface area (Å²) in [4.78, 5) is 35.7. The van der Waals surface area contributed by atoms with E-state index in [4.69, 9.17) is 4.74 Å². The summed E-state index contributed by atoms with van der Waals surface area (Å²) < 4.78 is 21.0. The summed E-state index contributed by atoms with van der Waals surface area (Å²) in [5.74, 6) is -0.720. The molecular weight excluding hydrogens is 473 g/mol. The van der Waals surface area contributed by atoms with Crippen molar-refractivity contribution in [3.8, 4) is 0 Å². The molecule has 2 aliphatic rings. The molecule has 1 aliphatic carbocycles. The molecule has 0 atom stereocenters. The molecule has 8 nitrogen and oxygen atoms in total. The number of halogens is 1. The first-order valence-electron chi connectivity index (χ1n) is 13.1. The molecule has 0 unspecified atom stereocenters. The molecule has 2 aromatic carbocycles. The van der Waals surface area contributed by atoms with Crippen molar-refractivity contribution in [1.29, 1.82) is 0 Å². The third kappa shape index (κ3) is 5.61. The Morgan fingerprint density at radius 1 is 1.05 bits per heavy atom. The van der Waals surface area contributed by atoms with Gasteiger partial charge in [0.05, 0.1) is 24.2 Å². The van der Waals surface area contributed by atoms with Crippen LogP contribution in [-0.4, -0.2) is 53.7 Å². The summed E-state index contributed by atoms with van der Waals surface area (Å²) in [6.07, 6.45) is 3.17. The van der Waals surface area contributed by atoms with Gasteiger partial charge in [0, 0.05) is 42.3 Å². The lowest BCUT2D eigenvalue weighted by atomic mass is 9.85. The SMILES string of the molecule is CC(C)NC(=O)[C@H]1CC[C@@H](n2c(=NC(=O)c3ccc(F)cc3)[nH]c3ccc(N4CCOCC4)cc32)CC1. The number of nitrogens with one attached hydrogen (secondary N) is 2. The lowest BCUT2D eigenvalue weighted by Gasteiger charge is -2.30. The molecule has 1 aromatic heterocycles. The van der Waals surface area contributed by atoms with Crippen LogP contribution in [0.15, 0.2) is 47.5 Å². The van der Waals surface area contributed by atoms with Crippen LogP contribution in [0.25, 0.3) is 11.0 Å². The second-order valence-electron chi connectivity index (χ2n) is 10.2. The number of nitrogens with zero attached hydrogens (tertiary/aromatic N) is 3. The average Bonchev–Trinajstić information content (AvgIpc) is 3.26. The van der Waals surface area contributed by atoms with Crippen molar-refractivity contribution in [3.63, 3.8) is 0 Å². The summed E-state index contributed by atoms with van der Waals surface area (Å²) in [6, 6.07) is 11.9. The van der Waals surface area contributed by atoms with Gasteiger partial charge >= 0.3 is 0 Å². The highest BCUT2D eigenvalue weighted by Gasteiger charge is 2.29. The maximum atomic E-state index is 13.4. The molecule has 37 heavy (non-hydrogen) atoms. The van der Waals surface area contributed by atoms with Gasteiger partial charge in [0.15, 0.2) is 0 Å². The Balaban J connectivity index is 1.51. The van der Waals surface area contributed by atoms with Crippen LogP contribution in [0, 0.1) is 11.7 Å². The number of hydrogen-bond donors (Lipinski definition) is 2. The Morgan fingerprint density at radius 2 is 1.76 bits per heavy atom. The van der Waals surface area contributed by atoms with Crippen LogP contribution in [0.4, 0.5) is 10.1 Å². The van der Waals surface area contributed by atoms with E-state index in [1.54, 1.807) is 0 Å². The summed E-state index contributed by atoms with van der Waals surface area (Å²) in [5.41, 5.74) is 3.77. The molecule has 2 N–H and O–H groups in total. The second kappa shape index (κ2) is 10.9. The van der Waals surface area contributed by atoms with E-state index in [2.05, 4.69) is 36.9 Å². The smallest absolute Gasteiger partial charge is 0.280 e. The van der Waals surface area contributed by atoms with Gasteiger partial charge in [-0.1, -0.05) is 0 Å². The van der Waals surface area contributed by atoms with Crippen molar-refractivity contribution in [3.05, 3.63) is 59.5 Å². The molecule has 0 spiro atoms. The van der Waals surface area contributed by atoms with E-state index in [1.165, 1.54) is 24.3 Å². The van der Waals surface area contributed by atoms with Crippen molar-refractivity contribution in [2.45, 2.75) is 51.6 Å². The Kier molecular flexibility index (Phi) is 7.41. The molecule has 1 saturated carbocycles. The van der Waals surface area contributed by atoms with Crippen molar-refractivity contribution >= 4 is 28.5 Å². The third-order valence-electron chi connectivity index (χ3n) is 7.25. The quantitative estimate of drug-likeness (QED) is 0.547. The fourth-order valence-corrected chi connectivity index (χ4v) is 5.34. The van der Waals surface area contributed by atoms with Gasteiger partial charge in [0.25, 0.3) is 5.91 Å². The topological polar surface area (TPSA) is 91.7 Å². The molecule has 1 aliphatic heterocycles. The van der Waals surface area contributed by atoms with Gasteiger partial charge < -0.3 is 24.5 Å². The number of anilines is 1. The molecule has 2 heterocycles. The number of aromatic nitrogens is 2. The van der Waals surface area contributed by atoms with E-state index < -0.39 is 11.7 Å². The number of aromatic amines is 1. The van der Waals surface area contributed by atoms with Crippen LogP contribution in [0.2, 0.25) is 0 Å². The summed E-state index contributed by atoms with van der Waals surface area (Å²) in [6.45, 7) is 6.99. The number of rotatable bonds is 5. The van der Waals surface area contributed by atoms with Crippen molar-refractivity contribution in [1.82, 2.24) is 14.9 Å². The minimum Gasteiger partial charge on any atom is -0.378 e. The van der Waals surface area contributed by atoms with Crippen molar-refractivity contribution < 1.29 is 18.7 Å². The van der Waals surface area contributed by atoms with Gasteiger partial charge in [-0.3, -0.25) is 9.59 Å². The van der Waals surface area contributed by atoms with Gasteiger partial charge in [-0.25, -0.2) is 4.39 Å². The van der Waals surface area contributed by atoms with E-state index in [9.17, 15) is 14.0 Å². The van der Waals surface area contributed by atoms with Crippen molar-refractivity contribution in [2.24, 2.45) is 10.9 Å². The van der Waals surface area contributed by atoms with Crippen molar-refractivity contribution in [2.75, 3.05) is 31.2 Å². The van der Waals surface area contributed by atoms with Gasteiger partial charge in [0.1, 0.15) is 5.82 Å². The minimum absolute atomic E-state index is 0.00500. The lowest BCUT2D eigenvalue weighted by Crippen LogP contribution is -2.38. The summed E-state index contributed by atoms with van der Waals surface area (Å²) in [5, 5.41) is 3.04. The average molecular weight is 508 g/mol. The van der Waals surface area contributed by atoms with E-state index in [0.29, 0.717) is 24.4 Å². The van der Waals surface area contributed by atoms with Gasteiger partial charge in [0.2, 0.25) is 11.5 Å².